The molecule has 5 rings (SSSR count). The van der Waals surface area contributed by atoms with Crippen molar-refractivity contribution in [2.24, 2.45) is 5.41 Å². The SMILES string of the molecule is CC1(C)Cc2c(-c3ccccc3)c(-c3cc4ccccc4o3)c(C(=O)C(=O)O)n2C1. The summed E-state index contributed by atoms with van der Waals surface area (Å²) in [5.41, 5.74) is 4.19. The number of benzene rings is 2. The molecule has 4 aromatic rings. The van der Waals surface area contributed by atoms with E-state index < -0.39 is 11.8 Å². The van der Waals surface area contributed by atoms with E-state index in [-0.39, 0.29) is 11.1 Å². The first-order valence-corrected chi connectivity index (χ1v) is 9.93. The summed E-state index contributed by atoms with van der Waals surface area (Å²) in [5, 5.41) is 10.5. The van der Waals surface area contributed by atoms with Gasteiger partial charge in [0.25, 0.3) is 5.78 Å². The van der Waals surface area contributed by atoms with Gasteiger partial charge in [0.05, 0.1) is 5.56 Å². The third-order valence-corrected chi connectivity index (χ3v) is 5.75. The quantitative estimate of drug-likeness (QED) is 0.367. The van der Waals surface area contributed by atoms with E-state index in [2.05, 4.69) is 13.8 Å². The summed E-state index contributed by atoms with van der Waals surface area (Å²) >= 11 is 0. The first kappa shape index (κ1) is 18.4. The van der Waals surface area contributed by atoms with Crippen LogP contribution in [0, 0.1) is 5.41 Å². The Labute approximate surface area is 173 Å². The van der Waals surface area contributed by atoms with Crippen LogP contribution in [0.25, 0.3) is 33.4 Å². The van der Waals surface area contributed by atoms with Gasteiger partial charge in [-0.3, -0.25) is 4.79 Å². The van der Waals surface area contributed by atoms with Gasteiger partial charge in [0, 0.05) is 23.2 Å². The molecule has 2 aromatic heterocycles. The number of carboxylic acids is 1. The molecule has 150 valence electrons. The molecule has 0 atom stereocenters. The number of para-hydroxylation sites is 1. The zero-order valence-electron chi connectivity index (χ0n) is 16.8. The van der Waals surface area contributed by atoms with Gasteiger partial charge in [0.2, 0.25) is 0 Å². The van der Waals surface area contributed by atoms with Crippen LogP contribution >= 0.6 is 0 Å². The second-order valence-corrected chi connectivity index (χ2v) is 8.62. The van der Waals surface area contributed by atoms with Crippen molar-refractivity contribution in [3.8, 4) is 22.5 Å². The molecular weight excluding hydrogens is 378 g/mol. The second kappa shape index (κ2) is 6.46. The number of carboxylic acid groups (broad SMARTS) is 1. The summed E-state index contributed by atoms with van der Waals surface area (Å²) in [5.74, 6) is -1.86. The Morgan fingerprint density at radius 3 is 2.40 bits per heavy atom. The molecule has 30 heavy (non-hydrogen) atoms. The molecule has 0 bridgehead atoms. The second-order valence-electron chi connectivity index (χ2n) is 8.62. The Balaban J connectivity index is 1.88. The van der Waals surface area contributed by atoms with E-state index in [4.69, 9.17) is 4.42 Å². The van der Waals surface area contributed by atoms with E-state index in [1.54, 1.807) is 0 Å². The van der Waals surface area contributed by atoms with Crippen molar-refractivity contribution in [1.29, 1.82) is 0 Å². The van der Waals surface area contributed by atoms with Crippen LogP contribution in [0.4, 0.5) is 0 Å². The smallest absolute Gasteiger partial charge is 0.378 e. The van der Waals surface area contributed by atoms with E-state index in [1.165, 1.54) is 0 Å². The third-order valence-electron chi connectivity index (χ3n) is 5.75. The number of ketones is 1. The molecule has 5 heteroatoms. The predicted molar refractivity (Wildman–Crippen MR) is 115 cm³/mol. The summed E-state index contributed by atoms with van der Waals surface area (Å²) in [6.07, 6.45) is 0.747. The molecule has 0 radical (unpaired) electrons. The maximum atomic E-state index is 12.9. The molecule has 0 saturated carbocycles. The summed E-state index contributed by atoms with van der Waals surface area (Å²) < 4.78 is 8.01. The number of aliphatic carboxylic acids is 1. The van der Waals surface area contributed by atoms with Crippen LogP contribution < -0.4 is 0 Å². The number of furan rings is 1. The molecule has 0 amide bonds. The van der Waals surface area contributed by atoms with Gasteiger partial charge >= 0.3 is 5.97 Å². The zero-order valence-corrected chi connectivity index (χ0v) is 16.8. The van der Waals surface area contributed by atoms with Crippen LogP contribution in [0.3, 0.4) is 0 Å². The van der Waals surface area contributed by atoms with Crippen LogP contribution in [-0.2, 0) is 17.8 Å². The van der Waals surface area contributed by atoms with Crippen LogP contribution in [0.1, 0.15) is 30.0 Å². The molecule has 0 spiro atoms. The van der Waals surface area contributed by atoms with E-state index >= 15 is 0 Å². The van der Waals surface area contributed by atoms with Gasteiger partial charge in [-0.2, -0.15) is 0 Å². The van der Waals surface area contributed by atoms with Gasteiger partial charge in [-0.25, -0.2) is 4.79 Å². The van der Waals surface area contributed by atoms with E-state index in [1.807, 2.05) is 65.2 Å². The lowest BCUT2D eigenvalue weighted by atomic mass is 9.87. The van der Waals surface area contributed by atoms with Gasteiger partial charge in [-0.15, -0.1) is 0 Å². The van der Waals surface area contributed by atoms with Crippen molar-refractivity contribution < 1.29 is 19.1 Å². The number of hydrogen-bond acceptors (Lipinski definition) is 3. The van der Waals surface area contributed by atoms with E-state index in [9.17, 15) is 14.7 Å². The highest BCUT2D eigenvalue weighted by atomic mass is 16.4. The number of rotatable bonds is 4. The minimum absolute atomic E-state index is 0.0706. The average molecular weight is 399 g/mol. The fourth-order valence-electron chi connectivity index (χ4n) is 4.56. The van der Waals surface area contributed by atoms with Crippen LogP contribution in [-0.4, -0.2) is 21.4 Å². The number of fused-ring (bicyclic) bond motifs is 2. The average Bonchev–Trinajstić information content (AvgIpc) is 3.35. The molecule has 2 aromatic carbocycles. The largest absolute Gasteiger partial charge is 0.475 e. The molecule has 0 aliphatic carbocycles. The molecule has 0 fully saturated rings. The maximum Gasteiger partial charge on any atom is 0.378 e. The number of carbonyl (C=O) groups excluding carboxylic acids is 1. The summed E-state index contributed by atoms with van der Waals surface area (Å²) in [4.78, 5) is 24.7. The molecule has 3 heterocycles. The highest BCUT2D eigenvalue weighted by molar-refractivity contribution is 6.41. The predicted octanol–water partition coefficient (Wildman–Crippen LogP) is 5.42. The molecule has 5 nitrogen and oxygen atoms in total. The first-order valence-electron chi connectivity index (χ1n) is 9.93. The minimum atomic E-state index is -1.46. The van der Waals surface area contributed by atoms with Gasteiger partial charge < -0.3 is 14.1 Å². The van der Waals surface area contributed by atoms with Gasteiger partial charge in [0.1, 0.15) is 17.0 Å². The number of Topliss-reactive ketones (excluding diaryl/α,β-unsaturated/α-hetero) is 1. The molecular formula is C25H21NO4. The Bertz CT molecular complexity index is 1270. The molecule has 1 aliphatic heterocycles. The first-order chi connectivity index (χ1) is 14.4. The van der Waals surface area contributed by atoms with Gasteiger partial charge in [-0.1, -0.05) is 62.4 Å². The normalized spacial score (nSPS) is 14.7. The standard InChI is InChI=1S/C25H21NO4/c1-25(2)13-17-20(15-8-4-3-5-9-15)21(22(26(17)14-25)23(27)24(28)29)19-12-16-10-6-7-11-18(16)30-19/h3-12H,13-14H2,1-2H3,(H,28,29). The lowest BCUT2D eigenvalue weighted by Crippen LogP contribution is -2.20. The van der Waals surface area contributed by atoms with Crippen LogP contribution in [0.15, 0.2) is 65.1 Å². The van der Waals surface area contributed by atoms with Crippen LogP contribution in [0.5, 0.6) is 0 Å². The molecule has 1 aliphatic rings. The molecule has 0 unspecified atom stereocenters. The van der Waals surface area contributed by atoms with Crippen molar-refractivity contribution in [3.05, 3.63) is 72.1 Å². The fourth-order valence-corrected chi connectivity index (χ4v) is 4.56. The van der Waals surface area contributed by atoms with Crippen molar-refractivity contribution in [2.75, 3.05) is 0 Å². The minimum Gasteiger partial charge on any atom is -0.475 e. The number of aromatic nitrogens is 1. The number of nitrogens with zero attached hydrogens (tertiary/aromatic N) is 1. The maximum absolute atomic E-state index is 12.9. The Kier molecular flexibility index (Phi) is 3.97. The van der Waals surface area contributed by atoms with E-state index in [0.717, 1.165) is 28.6 Å². The summed E-state index contributed by atoms with van der Waals surface area (Å²) in [6.45, 7) is 4.84. The summed E-state index contributed by atoms with van der Waals surface area (Å²) in [6, 6.07) is 19.3. The van der Waals surface area contributed by atoms with Gasteiger partial charge in [-0.05, 0) is 29.5 Å². The topological polar surface area (TPSA) is 72.4 Å². The summed E-state index contributed by atoms with van der Waals surface area (Å²) in [7, 11) is 0. The Morgan fingerprint density at radius 1 is 1.00 bits per heavy atom. The Morgan fingerprint density at radius 2 is 1.70 bits per heavy atom. The highest BCUT2D eigenvalue weighted by Gasteiger charge is 2.40. The Hall–Kier alpha value is -3.60. The van der Waals surface area contributed by atoms with Crippen LogP contribution in [0.2, 0.25) is 0 Å². The lowest BCUT2D eigenvalue weighted by molar-refractivity contribution is -0.131. The van der Waals surface area contributed by atoms with Gasteiger partial charge in [0.15, 0.2) is 0 Å². The molecule has 1 N–H and O–H groups in total. The highest BCUT2D eigenvalue weighted by Crippen LogP contribution is 2.47. The zero-order chi connectivity index (χ0) is 21.0. The number of carbonyl (C=O) groups is 2. The third kappa shape index (κ3) is 2.77. The fraction of sp³-hybridized carbons (Fsp3) is 0.200. The van der Waals surface area contributed by atoms with Crippen molar-refractivity contribution in [1.82, 2.24) is 4.57 Å². The van der Waals surface area contributed by atoms with Crippen molar-refractivity contribution in [3.63, 3.8) is 0 Å². The molecule has 0 saturated heterocycles. The van der Waals surface area contributed by atoms with E-state index in [0.29, 0.717) is 23.5 Å². The monoisotopic (exact) mass is 399 g/mol. The number of hydrogen-bond donors (Lipinski definition) is 1. The lowest BCUT2D eigenvalue weighted by Gasteiger charge is -2.17. The van der Waals surface area contributed by atoms with Crippen molar-refractivity contribution in [2.45, 2.75) is 26.8 Å². The van der Waals surface area contributed by atoms with Crippen molar-refractivity contribution >= 4 is 22.7 Å².